The monoisotopic (exact) mass is 318 g/mol. The van der Waals surface area contributed by atoms with Crippen molar-refractivity contribution in [3.63, 3.8) is 0 Å². The Morgan fingerprint density at radius 1 is 1.10 bits per heavy atom. The summed E-state index contributed by atoms with van der Waals surface area (Å²) in [5, 5.41) is 10.4. The maximum atomic E-state index is 13.2. The van der Waals surface area contributed by atoms with Gasteiger partial charge >= 0.3 is 6.18 Å². The van der Waals surface area contributed by atoms with Crippen LogP contribution in [0.25, 0.3) is 0 Å². The Morgan fingerprint density at radius 2 is 1.76 bits per heavy atom. The maximum Gasteiger partial charge on any atom is 0.419 e. The standard InChI is InChI=1S/C15H11ClF4O/c16-12-4-2-1-3-9(12)8-14(21)10-5-6-13(17)11(7-10)15(18,19)20/h1-7,14,21H,8H2. The van der Waals surface area contributed by atoms with Gasteiger partial charge in [-0.15, -0.1) is 0 Å². The lowest BCUT2D eigenvalue weighted by Crippen LogP contribution is -2.11. The quantitative estimate of drug-likeness (QED) is 0.808. The Labute approximate surface area is 123 Å². The van der Waals surface area contributed by atoms with Crippen LogP contribution in [0, 0.1) is 5.82 Å². The van der Waals surface area contributed by atoms with Crippen molar-refractivity contribution in [2.45, 2.75) is 18.7 Å². The van der Waals surface area contributed by atoms with Crippen LogP contribution in [0.4, 0.5) is 17.6 Å². The smallest absolute Gasteiger partial charge is 0.388 e. The number of rotatable bonds is 3. The predicted octanol–water partition coefficient (Wildman–Crippen LogP) is 4.77. The highest BCUT2D eigenvalue weighted by Gasteiger charge is 2.34. The fourth-order valence-electron chi connectivity index (χ4n) is 1.96. The van der Waals surface area contributed by atoms with E-state index in [0.29, 0.717) is 22.7 Å². The second kappa shape index (κ2) is 6.03. The van der Waals surface area contributed by atoms with Gasteiger partial charge in [0, 0.05) is 11.4 Å². The number of benzene rings is 2. The molecule has 21 heavy (non-hydrogen) atoms. The van der Waals surface area contributed by atoms with Gasteiger partial charge in [0.25, 0.3) is 0 Å². The van der Waals surface area contributed by atoms with E-state index in [4.69, 9.17) is 11.6 Å². The molecule has 112 valence electrons. The van der Waals surface area contributed by atoms with Gasteiger partial charge in [0.1, 0.15) is 5.82 Å². The second-order valence-corrected chi connectivity index (χ2v) is 4.96. The number of halogens is 5. The molecule has 0 spiro atoms. The number of hydrogen-bond donors (Lipinski definition) is 1. The van der Waals surface area contributed by atoms with E-state index in [1.54, 1.807) is 24.3 Å². The van der Waals surface area contributed by atoms with Gasteiger partial charge in [-0.25, -0.2) is 4.39 Å². The highest BCUT2D eigenvalue weighted by molar-refractivity contribution is 6.31. The summed E-state index contributed by atoms with van der Waals surface area (Å²) in [6.45, 7) is 0. The van der Waals surface area contributed by atoms with Crippen LogP contribution >= 0.6 is 11.6 Å². The molecule has 0 fully saturated rings. The van der Waals surface area contributed by atoms with E-state index in [0.717, 1.165) is 6.07 Å². The predicted molar refractivity (Wildman–Crippen MR) is 71.5 cm³/mol. The van der Waals surface area contributed by atoms with Crippen molar-refractivity contribution in [3.05, 3.63) is 70.0 Å². The molecule has 0 aromatic heterocycles. The first kappa shape index (κ1) is 15.8. The summed E-state index contributed by atoms with van der Waals surface area (Å²) in [6, 6.07) is 9.16. The van der Waals surface area contributed by atoms with Gasteiger partial charge in [-0.1, -0.05) is 35.9 Å². The summed E-state index contributed by atoms with van der Waals surface area (Å²) in [7, 11) is 0. The SMILES string of the molecule is OC(Cc1ccccc1Cl)c1ccc(F)c(C(F)(F)F)c1. The zero-order valence-corrected chi connectivity index (χ0v) is 11.4. The van der Waals surface area contributed by atoms with E-state index in [9.17, 15) is 22.7 Å². The van der Waals surface area contributed by atoms with E-state index in [1.807, 2.05) is 0 Å². The Morgan fingerprint density at radius 3 is 2.38 bits per heavy atom. The molecule has 6 heteroatoms. The van der Waals surface area contributed by atoms with Crippen molar-refractivity contribution < 1.29 is 22.7 Å². The Hall–Kier alpha value is -1.59. The maximum absolute atomic E-state index is 13.2. The minimum absolute atomic E-state index is 0.0105. The Kier molecular flexibility index (Phi) is 4.54. The zero-order valence-electron chi connectivity index (χ0n) is 10.7. The number of aliphatic hydroxyl groups excluding tert-OH is 1. The van der Waals surface area contributed by atoms with Crippen LogP contribution in [0.3, 0.4) is 0 Å². The van der Waals surface area contributed by atoms with Gasteiger partial charge in [-0.3, -0.25) is 0 Å². The molecule has 0 radical (unpaired) electrons. The summed E-state index contributed by atoms with van der Waals surface area (Å²) in [4.78, 5) is 0. The van der Waals surface area contributed by atoms with Crippen LogP contribution in [-0.4, -0.2) is 5.11 Å². The van der Waals surface area contributed by atoms with Crippen molar-refractivity contribution in [2.75, 3.05) is 0 Å². The Balaban J connectivity index is 2.28. The third-order valence-electron chi connectivity index (χ3n) is 3.05. The topological polar surface area (TPSA) is 20.2 Å². The van der Waals surface area contributed by atoms with E-state index < -0.39 is 23.7 Å². The minimum Gasteiger partial charge on any atom is -0.388 e. The molecule has 0 heterocycles. The molecule has 0 saturated carbocycles. The van der Waals surface area contributed by atoms with Crippen molar-refractivity contribution in [2.24, 2.45) is 0 Å². The highest BCUT2D eigenvalue weighted by atomic mass is 35.5. The van der Waals surface area contributed by atoms with Crippen molar-refractivity contribution >= 4 is 11.6 Å². The van der Waals surface area contributed by atoms with E-state index in [-0.39, 0.29) is 12.0 Å². The van der Waals surface area contributed by atoms with Gasteiger partial charge in [0.05, 0.1) is 11.7 Å². The largest absolute Gasteiger partial charge is 0.419 e. The molecule has 0 bridgehead atoms. The molecule has 2 rings (SSSR count). The average Bonchev–Trinajstić information content (AvgIpc) is 2.40. The van der Waals surface area contributed by atoms with Gasteiger partial charge in [-0.05, 0) is 29.3 Å². The molecule has 0 saturated heterocycles. The van der Waals surface area contributed by atoms with Gasteiger partial charge in [0.2, 0.25) is 0 Å². The van der Waals surface area contributed by atoms with Gasteiger partial charge in [-0.2, -0.15) is 13.2 Å². The first-order valence-corrected chi connectivity index (χ1v) is 6.45. The lowest BCUT2D eigenvalue weighted by Gasteiger charge is -2.15. The fraction of sp³-hybridized carbons (Fsp3) is 0.200. The first-order valence-electron chi connectivity index (χ1n) is 6.07. The van der Waals surface area contributed by atoms with Crippen LogP contribution < -0.4 is 0 Å². The summed E-state index contributed by atoms with van der Waals surface area (Å²) in [5.41, 5.74) is -0.800. The average molecular weight is 319 g/mol. The lowest BCUT2D eigenvalue weighted by atomic mass is 9.99. The molecule has 0 amide bonds. The highest BCUT2D eigenvalue weighted by Crippen LogP contribution is 2.33. The van der Waals surface area contributed by atoms with E-state index in [1.165, 1.54) is 0 Å². The van der Waals surface area contributed by atoms with E-state index >= 15 is 0 Å². The Bertz CT molecular complexity index is 640. The summed E-state index contributed by atoms with van der Waals surface area (Å²) < 4.78 is 51.1. The molecule has 1 nitrogen and oxygen atoms in total. The molecule has 0 aliphatic carbocycles. The normalized spacial score (nSPS) is 13.2. The second-order valence-electron chi connectivity index (χ2n) is 4.55. The molecule has 1 atom stereocenters. The summed E-state index contributed by atoms with van der Waals surface area (Å²) in [5.74, 6) is -1.36. The van der Waals surface area contributed by atoms with Gasteiger partial charge in [0.15, 0.2) is 0 Å². The summed E-state index contributed by atoms with van der Waals surface area (Å²) in [6.07, 6.45) is -5.96. The molecular formula is C15H11ClF4O. The van der Waals surface area contributed by atoms with Crippen LogP contribution in [-0.2, 0) is 12.6 Å². The number of aliphatic hydroxyl groups is 1. The zero-order chi connectivity index (χ0) is 15.6. The van der Waals surface area contributed by atoms with Crippen LogP contribution in [0.15, 0.2) is 42.5 Å². The third-order valence-corrected chi connectivity index (χ3v) is 3.42. The van der Waals surface area contributed by atoms with Crippen LogP contribution in [0.5, 0.6) is 0 Å². The van der Waals surface area contributed by atoms with Crippen molar-refractivity contribution in [3.8, 4) is 0 Å². The lowest BCUT2D eigenvalue weighted by molar-refractivity contribution is -0.140. The molecule has 1 N–H and O–H groups in total. The number of alkyl halides is 3. The van der Waals surface area contributed by atoms with Crippen molar-refractivity contribution in [1.82, 2.24) is 0 Å². The van der Waals surface area contributed by atoms with Crippen molar-refractivity contribution in [1.29, 1.82) is 0 Å². The summed E-state index contributed by atoms with van der Waals surface area (Å²) >= 11 is 5.93. The molecule has 2 aromatic carbocycles. The fourth-order valence-corrected chi connectivity index (χ4v) is 2.17. The number of hydrogen-bond acceptors (Lipinski definition) is 1. The van der Waals surface area contributed by atoms with Gasteiger partial charge < -0.3 is 5.11 Å². The molecular weight excluding hydrogens is 308 g/mol. The molecule has 1 unspecified atom stereocenters. The minimum atomic E-state index is -4.80. The molecule has 0 aliphatic rings. The molecule has 0 aliphatic heterocycles. The molecule has 2 aromatic rings. The third kappa shape index (κ3) is 3.74. The van der Waals surface area contributed by atoms with Crippen LogP contribution in [0.2, 0.25) is 5.02 Å². The first-order chi connectivity index (χ1) is 9.79. The van der Waals surface area contributed by atoms with E-state index in [2.05, 4.69) is 0 Å². The van der Waals surface area contributed by atoms with Crippen LogP contribution in [0.1, 0.15) is 22.8 Å².